The first-order valence-corrected chi connectivity index (χ1v) is 18.4. The fourth-order valence-corrected chi connectivity index (χ4v) is 7.07. The molecule has 0 fully saturated rings. The number of rotatable bonds is 13. The van der Waals surface area contributed by atoms with E-state index < -0.39 is 17.1 Å². The minimum atomic E-state index is -0.525. The molecule has 0 aliphatic heterocycles. The molecule has 0 saturated heterocycles. The molecule has 1 unspecified atom stereocenters. The van der Waals surface area contributed by atoms with E-state index in [-0.39, 0.29) is 11.6 Å². The van der Waals surface area contributed by atoms with Gasteiger partial charge in [0.1, 0.15) is 29.1 Å². The second-order valence-electron chi connectivity index (χ2n) is 11.8. The molecule has 0 spiro atoms. The van der Waals surface area contributed by atoms with Crippen molar-refractivity contribution in [2.75, 3.05) is 10.6 Å². The number of anilines is 2. The number of thiophene rings is 1. The number of hydrogen-bond acceptors (Lipinski definition) is 7. The van der Waals surface area contributed by atoms with Gasteiger partial charge < -0.3 is 20.7 Å². The van der Waals surface area contributed by atoms with Crippen LogP contribution < -0.4 is 20.7 Å². The second-order valence-corrected chi connectivity index (χ2v) is 14.1. The molecular formula is C43H34N4O4S2. The maximum atomic E-state index is 13.7. The highest BCUT2D eigenvalue weighted by atomic mass is 32.2. The van der Waals surface area contributed by atoms with Crippen molar-refractivity contribution in [2.45, 2.75) is 23.7 Å². The minimum Gasteiger partial charge on any atom is -0.489 e. The number of carbonyl (C=O) groups is 3. The fourth-order valence-electron chi connectivity index (χ4n) is 5.22. The van der Waals surface area contributed by atoms with Crippen LogP contribution in [0.5, 0.6) is 5.75 Å². The topological polar surface area (TPSA) is 120 Å². The first-order valence-electron chi connectivity index (χ1n) is 16.7. The summed E-state index contributed by atoms with van der Waals surface area (Å²) in [6, 6.07) is 44.7. The van der Waals surface area contributed by atoms with Crippen LogP contribution in [0.1, 0.15) is 34.0 Å². The zero-order valence-corrected chi connectivity index (χ0v) is 30.2. The molecule has 1 heterocycles. The maximum Gasteiger partial charge on any atom is 0.272 e. The normalized spacial score (nSPS) is 11.5. The Morgan fingerprint density at radius 1 is 0.830 bits per heavy atom. The van der Waals surface area contributed by atoms with Gasteiger partial charge in [0.25, 0.3) is 11.8 Å². The molecule has 53 heavy (non-hydrogen) atoms. The van der Waals surface area contributed by atoms with Gasteiger partial charge in [0.05, 0.1) is 10.8 Å². The maximum absolute atomic E-state index is 13.7. The molecule has 8 nitrogen and oxygen atoms in total. The Labute approximate surface area is 316 Å². The van der Waals surface area contributed by atoms with Crippen molar-refractivity contribution in [1.82, 2.24) is 5.32 Å². The molecule has 6 rings (SSSR count). The van der Waals surface area contributed by atoms with E-state index in [1.807, 2.05) is 102 Å². The van der Waals surface area contributed by atoms with E-state index in [4.69, 9.17) is 4.74 Å². The van der Waals surface area contributed by atoms with Crippen LogP contribution in [-0.4, -0.2) is 23.0 Å². The third-order valence-corrected chi connectivity index (χ3v) is 9.96. The van der Waals surface area contributed by atoms with Crippen molar-refractivity contribution < 1.29 is 19.1 Å². The minimum absolute atomic E-state index is 0.0433. The summed E-state index contributed by atoms with van der Waals surface area (Å²) < 4.78 is 5.90. The summed E-state index contributed by atoms with van der Waals surface area (Å²) in [6.45, 7) is 2.20. The number of nitrogens with zero attached hydrogens (tertiary/aromatic N) is 1. The van der Waals surface area contributed by atoms with E-state index in [9.17, 15) is 19.6 Å². The van der Waals surface area contributed by atoms with Crippen LogP contribution >= 0.6 is 23.1 Å². The van der Waals surface area contributed by atoms with Gasteiger partial charge in [-0.15, -0.1) is 23.1 Å². The molecule has 0 aliphatic carbocycles. The SMILES string of the molecule is CC(Sc1cccc(NC(=O)/C(=C\c2ccc(OCc3ccccc3)cc2)NC(=O)c2ccccc2)c1)C(=O)Nc1scc(-c2ccccc2)c1C#N. The number of amides is 3. The molecule has 3 N–H and O–H groups in total. The van der Waals surface area contributed by atoms with Gasteiger partial charge in [-0.05, 0) is 72.2 Å². The van der Waals surface area contributed by atoms with Gasteiger partial charge in [-0.3, -0.25) is 14.4 Å². The molecule has 3 amide bonds. The lowest BCUT2D eigenvalue weighted by molar-refractivity contribution is -0.115. The number of nitriles is 1. The van der Waals surface area contributed by atoms with E-state index in [1.165, 1.54) is 23.1 Å². The molecule has 6 aromatic rings. The fraction of sp³-hybridized carbons (Fsp3) is 0.0698. The van der Waals surface area contributed by atoms with Crippen molar-refractivity contribution in [3.63, 3.8) is 0 Å². The molecule has 10 heteroatoms. The van der Waals surface area contributed by atoms with Crippen LogP contribution in [0.2, 0.25) is 0 Å². The largest absolute Gasteiger partial charge is 0.489 e. The zero-order valence-electron chi connectivity index (χ0n) is 28.6. The average molecular weight is 735 g/mol. The number of thioether (sulfide) groups is 1. The first kappa shape index (κ1) is 36.4. The molecule has 0 saturated carbocycles. The van der Waals surface area contributed by atoms with E-state index in [0.717, 1.165) is 21.6 Å². The van der Waals surface area contributed by atoms with Crippen molar-refractivity contribution in [2.24, 2.45) is 0 Å². The predicted molar refractivity (Wildman–Crippen MR) is 213 cm³/mol. The third-order valence-electron chi connectivity index (χ3n) is 7.97. The zero-order chi connectivity index (χ0) is 37.0. The lowest BCUT2D eigenvalue weighted by atomic mass is 10.1. The van der Waals surface area contributed by atoms with Crippen LogP contribution in [0.3, 0.4) is 0 Å². The molecule has 1 atom stereocenters. The van der Waals surface area contributed by atoms with Gasteiger partial charge in [-0.25, -0.2) is 0 Å². The van der Waals surface area contributed by atoms with Crippen LogP contribution in [0.4, 0.5) is 10.7 Å². The van der Waals surface area contributed by atoms with Crippen molar-refractivity contribution >= 4 is 57.6 Å². The number of ether oxygens (including phenoxy) is 1. The summed E-state index contributed by atoms with van der Waals surface area (Å²) in [6.07, 6.45) is 1.60. The average Bonchev–Trinajstić information content (AvgIpc) is 3.60. The van der Waals surface area contributed by atoms with Gasteiger partial charge in [0, 0.05) is 27.1 Å². The number of carbonyl (C=O) groups excluding carboxylic acids is 3. The smallest absolute Gasteiger partial charge is 0.272 e. The Hall–Kier alpha value is -6.41. The Bertz CT molecular complexity index is 2270. The highest BCUT2D eigenvalue weighted by Gasteiger charge is 2.20. The van der Waals surface area contributed by atoms with E-state index >= 15 is 0 Å². The summed E-state index contributed by atoms with van der Waals surface area (Å²) in [7, 11) is 0. The number of nitrogens with one attached hydrogen (secondary N) is 3. The third kappa shape index (κ3) is 9.89. The molecule has 0 bridgehead atoms. The molecule has 0 radical (unpaired) electrons. The molecule has 1 aromatic heterocycles. The van der Waals surface area contributed by atoms with Gasteiger partial charge >= 0.3 is 0 Å². The lowest BCUT2D eigenvalue weighted by Gasteiger charge is -2.14. The molecule has 5 aromatic carbocycles. The number of benzene rings is 5. The highest BCUT2D eigenvalue weighted by Crippen LogP contribution is 2.36. The van der Waals surface area contributed by atoms with Crippen molar-refractivity contribution in [3.8, 4) is 22.9 Å². The lowest BCUT2D eigenvalue weighted by Crippen LogP contribution is -2.30. The standard InChI is InChI=1S/C43H34N4O4S2/c1-29(40(48)47-43-37(26-44)38(28-52-43)32-14-7-3-8-15-32)53-36-19-11-18-34(25-36)45-42(50)39(46-41(49)33-16-9-4-10-17-33)24-30-20-22-35(23-21-30)51-27-31-12-5-2-6-13-31/h2-25,28-29H,27H2,1H3,(H,45,50)(H,46,49)(H,47,48)/b39-24+. The van der Waals surface area contributed by atoms with Gasteiger partial charge in [-0.2, -0.15) is 5.26 Å². The van der Waals surface area contributed by atoms with Crippen molar-refractivity contribution in [3.05, 3.63) is 173 Å². The Kier molecular flexibility index (Phi) is 12.1. The van der Waals surface area contributed by atoms with Crippen LogP contribution in [0, 0.1) is 11.3 Å². The Balaban J connectivity index is 1.13. The van der Waals surface area contributed by atoms with Crippen molar-refractivity contribution in [1.29, 1.82) is 5.26 Å². The molecular weight excluding hydrogens is 701 g/mol. The number of hydrogen-bond donors (Lipinski definition) is 3. The van der Waals surface area contributed by atoms with E-state index in [2.05, 4.69) is 22.0 Å². The Morgan fingerprint density at radius 2 is 1.51 bits per heavy atom. The van der Waals surface area contributed by atoms with Crippen LogP contribution in [-0.2, 0) is 16.2 Å². The van der Waals surface area contributed by atoms with Gasteiger partial charge in [0.2, 0.25) is 5.91 Å². The molecule has 0 aliphatic rings. The predicted octanol–water partition coefficient (Wildman–Crippen LogP) is 9.39. The van der Waals surface area contributed by atoms with E-state index in [0.29, 0.717) is 39.7 Å². The van der Waals surface area contributed by atoms with E-state index in [1.54, 1.807) is 55.5 Å². The van der Waals surface area contributed by atoms with Crippen LogP contribution in [0.15, 0.2) is 155 Å². The highest BCUT2D eigenvalue weighted by molar-refractivity contribution is 8.00. The monoisotopic (exact) mass is 734 g/mol. The van der Waals surface area contributed by atoms with Gasteiger partial charge in [0.15, 0.2) is 0 Å². The quantitative estimate of drug-likeness (QED) is 0.0804. The van der Waals surface area contributed by atoms with Gasteiger partial charge in [-0.1, -0.05) is 97.1 Å². The summed E-state index contributed by atoms with van der Waals surface area (Å²) >= 11 is 2.63. The first-order chi connectivity index (χ1) is 25.9. The van der Waals surface area contributed by atoms with Crippen LogP contribution in [0.25, 0.3) is 17.2 Å². The second kappa shape index (κ2) is 17.7. The Morgan fingerprint density at radius 3 is 2.21 bits per heavy atom. The molecule has 262 valence electrons. The summed E-state index contributed by atoms with van der Waals surface area (Å²) in [5.41, 5.74) is 4.76. The summed E-state index contributed by atoms with van der Waals surface area (Å²) in [4.78, 5) is 40.8. The summed E-state index contributed by atoms with van der Waals surface area (Å²) in [5.74, 6) is -0.546. The summed E-state index contributed by atoms with van der Waals surface area (Å²) in [5, 5.41) is 20.3.